The number of aromatic nitrogens is 3. The highest BCUT2D eigenvalue weighted by Crippen LogP contribution is 2.27. The molecule has 1 aromatic heterocycles. The van der Waals surface area contributed by atoms with Gasteiger partial charge < -0.3 is 45.9 Å². The Balaban J connectivity index is 1.60. The predicted octanol–water partition coefficient (Wildman–Crippen LogP) is 1.83. The third kappa shape index (κ3) is 10.4. The number of nitrogens with two attached hydrogens (primary N) is 1. The van der Waals surface area contributed by atoms with Crippen LogP contribution < -0.4 is 41.2 Å². The zero-order valence-corrected chi connectivity index (χ0v) is 26.2. The van der Waals surface area contributed by atoms with Gasteiger partial charge in [0.05, 0.1) is 32.5 Å². The van der Waals surface area contributed by atoms with Crippen LogP contribution >= 0.6 is 0 Å². The van der Waals surface area contributed by atoms with Crippen molar-refractivity contribution >= 4 is 41.3 Å². The molecule has 250 valence electrons. The molecule has 3 heterocycles. The number of amides is 3. The lowest BCUT2D eigenvalue weighted by Gasteiger charge is -2.19. The van der Waals surface area contributed by atoms with Crippen molar-refractivity contribution in [1.82, 2.24) is 25.6 Å². The monoisotopic (exact) mass is 650 g/mol. The minimum absolute atomic E-state index is 0.106. The summed E-state index contributed by atoms with van der Waals surface area (Å²) in [6.45, 7) is 3.04. The number of primary amides is 1. The van der Waals surface area contributed by atoms with Gasteiger partial charge >= 0.3 is 23.8 Å². The van der Waals surface area contributed by atoms with Gasteiger partial charge in [-0.15, -0.1) is 0 Å². The second-order valence-corrected chi connectivity index (χ2v) is 10.3. The Hall–Kier alpha value is -5.67. The second-order valence-electron chi connectivity index (χ2n) is 10.3. The Bertz CT molecular complexity index is 1550. The molecule has 2 aromatic carbocycles. The Morgan fingerprint density at radius 2 is 1.68 bits per heavy atom. The van der Waals surface area contributed by atoms with Gasteiger partial charge in [-0.05, 0) is 62.4 Å². The van der Waals surface area contributed by atoms with Crippen molar-refractivity contribution in [3.8, 4) is 17.5 Å². The zero-order chi connectivity index (χ0) is 33.6. The Kier molecular flexibility index (Phi) is 12.5. The van der Waals surface area contributed by atoms with Gasteiger partial charge in [-0.25, -0.2) is 4.79 Å². The minimum atomic E-state index is -1.31. The number of fused-ring (bicyclic) bond motifs is 10. The molecule has 0 saturated carbocycles. The summed E-state index contributed by atoms with van der Waals surface area (Å²) < 4.78 is 22.2. The largest absolute Gasteiger partial charge is 0.494 e. The molecule has 16 heteroatoms. The number of esters is 1. The number of benzene rings is 2. The van der Waals surface area contributed by atoms with E-state index in [9.17, 15) is 19.2 Å². The molecule has 0 fully saturated rings. The number of rotatable bonds is 7. The van der Waals surface area contributed by atoms with Crippen LogP contribution in [-0.4, -0.2) is 78.2 Å². The van der Waals surface area contributed by atoms with Gasteiger partial charge in [-0.1, -0.05) is 12.1 Å². The first kappa shape index (κ1) is 34.2. The number of anilines is 3. The molecule has 2 aliphatic rings. The summed E-state index contributed by atoms with van der Waals surface area (Å²) in [6.07, 6.45) is 3.35. The zero-order valence-electron chi connectivity index (χ0n) is 26.2. The van der Waals surface area contributed by atoms with E-state index in [2.05, 4.69) is 36.2 Å². The van der Waals surface area contributed by atoms with Crippen LogP contribution in [0.4, 0.5) is 17.6 Å². The van der Waals surface area contributed by atoms with Crippen molar-refractivity contribution in [2.24, 2.45) is 5.73 Å². The van der Waals surface area contributed by atoms with Gasteiger partial charge in [0, 0.05) is 24.8 Å². The molecule has 3 amide bonds. The van der Waals surface area contributed by atoms with E-state index in [4.69, 9.17) is 24.7 Å². The van der Waals surface area contributed by atoms with Gasteiger partial charge in [-0.3, -0.25) is 14.4 Å². The summed E-state index contributed by atoms with van der Waals surface area (Å²) in [4.78, 5) is 61.7. The predicted molar refractivity (Wildman–Crippen MR) is 169 cm³/mol. The molecule has 0 spiro atoms. The van der Waals surface area contributed by atoms with Gasteiger partial charge in [-0.2, -0.15) is 15.0 Å². The van der Waals surface area contributed by atoms with Gasteiger partial charge in [0.15, 0.2) is 0 Å². The standard InChI is InChI=1S/C31H38N8O8/c1-3-45-31-38-29-34-17-19-8-11-21(12-9-19)46-14-6-4-5-7-15-47-24-16-20(35-30(37-29)39-31)10-13-22(24)26(41)36-23(28(43)44-2)18-33-27(42)25(32)40/h8-13,16,23H,3-7,14-15,17-18H2,1-2H3,(H2,32,40)(H,33,42)(H,36,41)(H2,34,35,37,38,39)/t23-/m0/s1. The van der Waals surface area contributed by atoms with E-state index in [-0.39, 0.29) is 29.2 Å². The Labute approximate surface area is 271 Å². The summed E-state index contributed by atoms with van der Waals surface area (Å²) in [7, 11) is 1.13. The van der Waals surface area contributed by atoms with Crippen LogP contribution in [-0.2, 0) is 25.7 Å². The number of carbonyl (C=O) groups excluding carboxylic acids is 4. The van der Waals surface area contributed by atoms with E-state index < -0.39 is 36.3 Å². The van der Waals surface area contributed by atoms with Crippen LogP contribution in [0.3, 0.4) is 0 Å². The number of methoxy groups -OCH3 is 1. The van der Waals surface area contributed by atoms with Crippen LogP contribution in [0.5, 0.6) is 17.5 Å². The van der Waals surface area contributed by atoms with Crippen molar-refractivity contribution in [2.45, 2.75) is 45.2 Å². The fraction of sp³-hybridized carbons (Fsp3) is 0.387. The Morgan fingerprint density at radius 1 is 0.957 bits per heavy atom. The summed E-state index contributed by atoms with van der Waals surface area (Å²) in [5.74, 6) is -2.43. The van der Waals surface area contributed by atoms with Crippen molar-refractivity contribution in [3.05, 3.63) is 53.6 Å². The summed E-state index contributed by atoms with van der Waals surface area (Å²) >= 11 is 0. The van der Waals surface area contributed by atoms with E-state index in [0.717, 1.165) is 37.7 Å². The maximum Gasteiger partial charge on any atom is 0.330 e. The van der Waals surface area contributed by atoms with E-state index in [1.807, 2.05) is 31.2 Å². The summed E-state index contributed by atoms with van der Waals surface area (Å²) in [5.41, 5.74) is 6.56. The molecule has 0 aliphatic carbocycles. The molecule has 0 saturated heterocycles. The van der Waals surface area contributed by atoms with E-state index in [0.29, 0.717) is 38.5 Å². The highest BCUT2D eigenvalue weighted by Gasteiger charge is 2.25. The molecule has 0 radical (unpaired) electrons. The molecule has 3 aromatic rings. The fourth-order valence-electron chi connectivity index (χ4n) is 4.39. The van der Waals surface area contributed by atoms with Crippen LogP contribution in [0.25, 0.3) is 0 Å². The average Bonchev–Trinajstić information content (AvgIpc) is 3.06. The molecular formula is C31H38N8O8. The SMILES string of the molecule is CCOc1nc2nc(n1)Nc1ccc(C(=O)N[C@@H](CNC(=O)C(N)=O)C(=O)OC)c(c1)OCCCCCCOc1ccc(cc1)CN2. The number of carbonyl (C=O) groups is 4. The quantitative estimate of drug-likeness (QED) is 0.182. The minimum Gasteiger partial charge on any atom is -0.494 e. The summed E-state index contributed by atoms with van der Waals surface area (Å²) in [6, 6.07) is 11.3. The lowest BCUT2D eigenvalue weighted by atomic mass is 10.1. The van der Waals surface area contributed by atoms with Crippen molar-refractivity contribution < 1.29 is 38.1 Å². The van der Waals surface area contributed by atoms with Crippen LogP contribution in [0, 0.1) is 0 Å². The number of nitrogens with one attached hydrogen (secondary N) is 4. The first-order valence-electron chi connectivity index (χ1n) is 15.1. The van der Waals surface area contributed by atoms with Crippen molar-refractivity contribution in [2.75, 3.05) is 44.1 Å². The highest BCUT2D eigenvalue weighted by atomic mass is 16.5. The number of ether oxygens (including phenoxy) is 4. The van der Waals surface area contributed by atoms with E-state index in [1.165, 1.54) is 6.07 Å². The number of hydrogen-bond acceptors (Lipinski definition) is 13. The van der Waals surface area contributed by atoms with Crippen LogP contribution in [0.1, 0.15) is 48.5 Å². The van der Waals surface area contributed by atoms with Gasteiger partial charge in [0.25, 0.3) is 5.91 Å². The highest BCUT2D eigenvalue weighted by molar-refractivity contribution is 6.34. The van der Waals surface area contributed by atoms with Crippen molar-refractivity contribution in [3.63, 3.8) is 0 Å². The lowest BCUT2D eigenvalue weighted by Crippen LogP contribution is -2.50. The maximum atomic E-state index is 13.4. The maximum absolute atomic E-state index is 13.4. The molecule has 2 aliphatic heterocycles. The first-order valence-corrected chi connectivity index (χ1v) is 15.1. The topological polar surface area (TPSA) is 218 Å². The second kappa shape index (κ2) is 17.1. The smallest absolute Gasteiger partial charge is 0.330 e. The normalized spacial score (nSPS) is 13.9. The molecule has 47 heavy (non-hydrogen) atoms. The van der Waals surface area contributed by atoms with Gasteiger partial charge in [0.2, 0.25) is 11.9 Å². The molecular weight excluding hydrogens is 612 g/mol. The van der Waals surface area contributed by atoms with Gasteiger partial charge in [0.1, 0.15) is 17.5 Å². The van der Waals surface area contributed by atoms with E-state index >= 15 is 0 Å². The molecule has 6 N–H and O–H groups in total. The average molecular weight is 651 g/mol. The number of hydrogen-bond donors (Lipinski definition) is 5. The fourth-order valence-corrected chi connectivity index (χ4v) is 4.39. The Morgan fingerprint density at radius 3 is 2.38 bits per heavy atom. The first-order chi connectivity index (χ1) is 22.7. The molecule has 1 atom stereocenters. The summed E-state index contributed by atoms with van der Waals surface area (Å²) in [5, 5.41) is 11.0. The molecule has 5 rings (SSSR count). The molecule has 6 bridgehead atoms. The lowest BCUT2D eigenvalue weighted by molar-refractivity contribution is -0.143. The van der Waals surface area contributed by atoms with Crippen molar-refractivity contribution in [1.29, 1.82) is 0 Å². The van der Waals surface area contributed by atoms with Crippen LogP contribution in [0.15, 0.2) is 42.5 Å². The number of nitrogens with zero attached hydrogens (tertiary/aromatic N) is 3. The molecule has 0 unspecified atom stereocenters. The van der Waals surface area contributed by atoms with Crippen LogP contribution in [0.2, 0.25) is 0 Å². The third-order valence-corrected chi connectivity index (χ3v) is 6.79. The third-order valence-electron chi connectivity index (χ3n) is 6.79. The van der Waals surface area contributed by atoms with E-state index in [1.54, 1.807) is 12.1 Å². The molecule has 16 nitrogen and oxygen atoms in total.